The molecule has 0 aliphatic carbocycles. The summed E-state index contributed by atoms with van der Waals surface area (Å²) in [4.78, 5) is 13.7. The highest BCUT2D eigenvalue weighted by molar-refractivity contribution is 8.01. The van der Waals surface area contributed by atoms with E-state index in [2.05, 4.69) is 0 Å². The minimum Gasteiger partial charge on any atom is -0.496 e. The molecule has 1 fully saturated rings. The lowest BCUT2D eigenvalue weighted by Gasteiger charge is -2.24. The Kier molecular flexibility index (Phi) is 4.14. The van der Waals surface area contributed by atoms with Crippen LogP contribution in [0.5, 0.6) is 5.75 Å². The molecule has 1 heterocycles. The normalized spacial score (nSPS) is 23.5. The average molecular weight is 267 g/mol. The van der Waals surface area contributed by atoms with Crippen molar-refractivity contribution in [1.82, 2.24) is 4.90 Å². The molecule has 1 aliphatic rings. The number of rotatable bonds is 4. The smallest absolute Gasteiger partial charge is 0.236 e. The van der Waals surface area contributed by atoms with E-state index in [0.29, 0.717) is 6.54 Å². The molecule has 98 valence electrons. The van der Waals surface area contributed by atoms with Crippen molar-refractivity contribution < 1.29 is 14.6 Å². The molecule has 1 aliphatic heterocycles. The predicted octanol–water partition coefficient (Wildman–Crippen LogP) is 1.65. The predicted molar refractivity (Wildman–Crippen MR) is 71.6 cm³/mol. The molecule has 2 rings (SSSR count). The Bertz CT molecular complexity index is 438. The van der Waals surface area contributed by atoms with Crippen molar-refractivity contribution in [3.8, 4) is 5.75 Å². The number of amides is 1. The van der Waals surface area contributed by atoms with Crippen LogP contribution in [0.4, 0.5) is 0 Å². The van der Waals surface area contributed by atoms with E-state index in [0.717, 1.165) is 11.3 Å². The molecule has 1 aromatic rings. The van der Waals surface area contributed by atoms with Crippen LogP contribution in [-0.2, 0) is 4.79 Å². The van der Waals surface area contributed by atoms with Gasteiger partial charge in [0.25, 0.3) is 0 Å². The number of ether oxygens (including phenoxy) is 1. The summed E-state index contributed by atoms with van der Waals surface area (Å²) in [7, 11) is 1.63. The average Bonchev–Trinajstić information content (AvgIpc) is 2.67. The van der Waals surface area contributed by atoms with Crippen LogP contribution in [0, 0.1) is 0 Å². The van der Waals surface area contributed by atoms with Gasteiger partial charge in [0.2, 0.25) is 5.91 Å². The fourth-order valence-electron chi connectivity index (χ4n) is 2.12. The van der Waals surface area contributed by atoms with Gasteiger partial charge in [0.1, 0.15) is 11.1 Å². The number of β-amino-alcohol motifs (C(OH)–C–C–N with tert-alkyl or cyclic N) is 1. The first-order valence-electron chi connectivity index (χ1n) is 5.88. The largest absolute Gasteiger partial charge is 0.496 e. The van der Waals surface area contributed by atoms with Crippen molar-refractivity contribution in [1.29, 1.82) is 0 Å². The third-order valence-electron chi connectivity index (χ3n) is 2.99. The zero-order valence-corrected chi connectivity index (χ0v) is 11.3. The number of carbonyl (C=O) groups excluding carboxylic acids is 1. The minimum absolute atomic E-state index is 0.0231. The molecule has 4 nitrogen and oxygen atoms in total. The molecule has 2 atom stereocenters. The second-order valence-corrected chi connectivity index (χ2v) is 5.55. The van der Waals surface area contributed by atoms with Crippen LogP contribution in [0.25, 0.3) is 0 Å². The monoisotopic (exact) mass is 267 g/mol. The van der Waals surface area contributed by atoms with Crippen molar-refractivity contribution in [2.45, 2.75) is 17.5 Å². The van der Waals surface area contributed by atoms with Crippen LogP contribution < -0.4 is 4.74 Å². The third-order valence-corrected chi connectivity index (χ3v) is 4.37. The summed E-state index contributed by atoms with van der Waals surface area (Å²) in [6.45, 7) is 2.23. The third kappa shape index (κ3) is 2.33. The number of aliphatic hydroxyl groups excluding tert-OH is 1. The molecule has 1 aromatic carbocycles. The molecule has 0 unspecified atom stereocenters. The molecule has 1 amide bonds. The van der Waals surface area contributed by atoms with Gasteiger partial charge >= 0.3 is 0 Å². The van der Waals surface area contributed by atoms with Gasteiger partial charge in [-0.1, -0.05) is 18.2 Å². The fourth-order valence-corrected chi connectivity index (χ4v) is 3.46. The number of aliphatic hydroxyl groups is 1. The summed E-state index contributed by atoms with van der Waals surface area (Å²) >= 11 is 1.59. The first-order chi connectivity index (χ1) is 8.69. The topological polar surface area (TPSA) is 49.8 Å². The van der Waals surface area contributed by atoms with Crippen LogP contribution in [0.15, 0.2) is 24.3 Å². The lowest BCUT2D eigenvalue weighted by molar-refractivity contribution is -0.130. The van der Waals surface area contributed by atoms with Crippen molar-refractivity contribution in [3.63, 3.8) is 0 Å². The number of carbonyl (C=O) groups is 1. The van der Waals surface area contributed by atoms with Gasteiger partial charge in [0.05, 0.1) is 19.0 Å². The maximum atomic E-state index is 12.0. The molecule has 1 saturated heterocycles. The zero-order chi connectivity index (χ0) is 13.1. The van der Waals surface area contributed by atoms with E-state index >= 15 is 0 Å². The molecule has 0 aromatic heterocycles. The summed E-state index contributed by atoms with van der Waals surface area (Å²) in [6.07, 6.45) is 0. The van der Waals surface area contributed by atoms with Crippen LogP contribution in [-0.4, -0.2) is 41.4 Å². The fraction of sp³-hybridized carbons (Fsp3) is 0.462. The maximum absolute atomic E-state index is 12.0. The number of thioether (sulfide) groups is 1. The highest BCUT2D eigenvalue weighted by atomic mass is 32.2. The quantitative estimate of drug-likeness (QED) is 0.901. The Balaban J connectivity index is 2.33. The molecule has 5 heteroatoms. The summed E-state index contributed by atoms with van der Waals surface area (Å²) in [5.41, 5.74) is 0.983. The van der Waals surface area contributed by atoms with E-state index in [1.54, 1.807) is 23.8 Å². The molecular formula is C13H17NO3S. The first-order valence-corrected chi connectivity index (χ1v) is 6.83. The molecule has 0 saturated carbocycles. The summed E-state index contributed by atoms with van der Waals surface area (Å²) in [5.74, 6) is 0.852. The lowest BCUT2D eigenvalue weighted by atomic mass is 10.1. The summed E-state index contributed by atoms with van der Waals surface area (Å²) < 4.78 is 5.34. The van der Waals surface area contributed by atoms with E-state index in [1.807, 2.05) is 31.2 Å². The van der Waals surface area contributed by atoms with Gasteiger partial charge in [-0.2, -0.15) is 0 Å². The Hall–Kier alpha value is -1.20. The van der Waals surface area contributed by atoms with Crippen LogP contribution in [0.3, 0.4) is 0 Å². The SMILES string of the molecule is COc1ccccc1[C@@H]1S[C@H](C)C(=O)N1CCO. The van der Waals surface area contributed by atoms with Gasteiger partial charge in [-0.25, -0.2) is 0 Å². The highest BCUT2D eigenvalue weighted by Crippen LogP contribution is 2.45. The summed E-state index contributed by atoms with van der Waals surface area (Å²) in [6, 6.07) is 7.69. The van der Waals surface area contributed by atoms with Gasteiger partial charge in [-0.3, -0.25) is 4.79 Å². The molecule has 18 heavy (non-hydrogen) atoms. The van der Waals surface area contributed by atoms with Gasteiger partial charge in [-0.05, 0) is 13.0 Å². The van der Waals surface area contributed by atoms with Gasteiger partial charge < -0.3 is 14.7 Å². The van der Waals surface area contributed by atoms with Gasteiger partial charge in [0, 0.05) is 12.1 Å². The summed E-state index contributed by atoms with van der Waals surface area (Å²) in [5, 5.41) is 8.94. The van der Waals surface area contributed by atoms with Crippen molar-refractivity contribution in [3.05, 3.63) is 29.8 Å². The number of hydrogen-bond acceptors (Lipinski definition) is 4. The molecule has 0 radical (unpaired) electrons. The maximum Gasteiger partial charge on any atom is 0.236 e. The number of hydrogen-bond donors (Lipinski definition) is 1. The van der Waals surface area contributed by atoms with Gasteiger partial charge in [0.15, 0.2) is 0 Å². The van der Waals surface area contributed by atoms with Crippen molar-refractivity contribution in [2.75, 3.05) is 20.3 Å². The highest BCUT2D eigenvalue weighted by Gasteiger charge is 2.39. The number of para-hydroxylation sites is 1. The lowest BCUT2D eigenvalue weighted by Crippen LogP contribution is -2.32. The van der Waals surface area contributed by atoms with Crippen molar-refractivity contribution >= 4 is 17.7 Å². The van der Waals surface area contributed by atoms with Crippen LogP contribution >= 0.6 is 11.8 Å². The Morgan fingerprint density at radius 1 is 1.44 bits per heavy atom. The van der Waals surface area contributed by atoms with E-state index in [1.165, 1.54) is 0 Å². The Morgan fingerprint density at radius 3 is 2.83 bits per heavy atom. The number of methoxy groups -OCH3 is 1. The molecule has 1 N–H and O–H groups in total. The van der Waals surface area contributed by atoms with E-state index in [9.17, 15) is 4.79 Å². The Labute approximate surface area is 111 Å². The molecule has 0 spiro atoms. The number of benzene rings is 1. The first kappa shape index (κ1) is 13.2. The molecular weight excluding hydrogens is 250 g/mol. The van der Waals surface area contributed by atoms with E-state index in [4.69, 9.17) is 9.84 Å². The molecule has 0 bridgehead atoms. The van der Waals surface area contributed by atoms with Crippen LogP contribution in [0.2, 0.25) is 0 Å². The second kappa shape index (κ2) is 5.63. The van der Waals surface area contributed by atoms with E-state index < -0.39 is 0 Å². The van der Waals surface area contributed by atoms with Crippen LogP contribution in [0.1, 0.15) is 17.9 Å². The zero-order valence-electron chi connectivity index (χ0n) is 10.5. The Morgan fingerprint density at radius 2 is 2.17 bits per heavy atom. The number of nitrogens with zero attached hydrogens (tertiary/aromatic N) is 1. The van der Waals surface area contributed by atoms with Gasteiger partial charge in [-0.15, -0.1) is 11.8 Å². The standard InChI is InChI=1S/C13H17NO3S/c1-9-12(16)14(7-8-15)13(18-9)10-5-3-4-6-11(10)17-2/h3-6,9,13,15H,7-8H2,1-2H3/t9-,13+/m1/s1. The second-order valence-electron chi connectivity index (χ2n) is 4.13. The minimum atomic E-state index is -0.0773. The van der Waals surface area contributed by atoms with E-state index in [-0.39, 0.29) is 23.1 Å². The van der Waals surface area contributed by atoms with Crippen molar-refractivity contribution in [2.24, 2.45) is 0 Å².